The molecule has 0 fully saturated rings. The molecular formula is C19H17Cl2FN2O3. The summed E-state index contributed by atoms with van der Waals surface area (Å²) in [5.41, 5.74) is 2.09. The molecule has 1 aliphatic heterocycles. The van der Waals surface area contributed by atoms with Crippen LogP contribution in [-0.2, 0) is 17.8 Å². The smallest absolute Gasteiger partial charge is 0.246 e. The monoisotopic (exact) mass is 410 g/mol. The Labute approximate surface area is 166 Å². The molecule has 8 heteroatoms. The summed E-state index contributed by atoms with van der Waals surface area (Å²) in [4.78, 5) is 18.1. The first kappa shape index (κ1) is 19.5. The third-order valence-corrected chi connectivity index (χ3v) is 5.15. The number of carbonyl (C=O) groups excluding carboxylic acids is 1. The number of benzene rings is 1. The molecule has 5 nitrogen and oxygen atoms in total. The van der Waals surface area contributed by atoms with Crippen LogP contribution in [0, 0.1) is 5.82 Å². The number of hydrogen-bond acceptors (Lipinski definition) is 4. The summed E-state index contributed by atoms with van der Waals surface area (Å²) in [5, 5.41) is 0.835. The molecule has 0 atom stereocenters. The first-order valence-electron chi connectivity index (χ1n) is 8.15. The summed E-state index contributed by atoms with van der Waals surface area (Å²) >= 11 is 12.9. The third kappa shape index (κ3) is 3.87. The summed E-state index contributed by atoms with van der Waals surface area (Å²) in [6.07, 6.45) is 4.59. The lowest BCUT2D eigenvalue weighted by Crippen LogP contribution is -2.35. The number of ether oxygens (including phenoxy) is 2. The third-order valence-electron chi connectivity index (χ3n) is 4.35. The summed E-state index contributed by atoms with van der Waals surface area (Å²) in [5.74, 6) is 0.115. The van der Waals surface area contributed by atoms with E-state index in [0.717, 1.165) is 17.3 Å². The Balaban J connectivity index is 1.84. The van der Waals surface area contributed by atoms with E-state index >= 15 is 0 Å². The minimum absolute atomic E-state index is 0.200. The quantitative estimate of drug-likeness (QED) is 0.710. The van der Waals surface area contributed by atoms with Gasteiger partial charge in [0.05, 0.1) is 36.2 Å². The maximum absolute atomic E-state index is 12.9. The highest BCUT2D eigenvalue weighted by molar-refractivity contribution is 6.37. The number of nitrogens with zero attached hydrogens (tertiary/aromatic N) is 2. The Morgan fingerprint density at radius 1 is 1.19 bits per heavy atom. The number of pyridine rings is 1. The molecule has 27 heavy (non-hydrogen) atoms. The highest BCUT2D eigenvalue weighted by atomic mass is 35.5. The molecule has 0 saturated carbocycles. The van der Waals surface area contributed by atoms with Gasteiger partial charge in [-0.25, -0.2) is 4.39 Å². The largest absolute Gasteiger partial charge is 0.491 e. The molecule has 0 N–H and O–H groups in total. The second-order valence-corrected chi connectivity index (χ2v) is 6.65. The van der Waals surface area contributed by atoms with E-state index in [4.69, 9.17) is 32.7 Å². The zero-order valence-corrected chi connectivity index (χ0v) is 16.3. The second-order valence-electron chi connectivity index (χ2n) is 5.90. The molecule has 1 amide bonds. The fourth-order valence-electron chi connectivity index (χ4n) is 2.98. The summed E-state index contributed by atoms with van der Waals surface area (Å²) < 4.78 is 23.5. The van der Waals surface area contributed by atoms with Gasteiger partial charge in [0.2, 0.25) is 5.91 Å². The Hall–Kier alpha value is -2.31. The SMILES string of the molecule is COc1c(Cl)c2c(c(Cl)c1OC)CN(C(=O)/C=C/c1ccc(F)cn1)CC2. The second kappa shape index (κ2) is 8.15. The van der Waals surface area contributed by atoms with Gasteiger partial charge in [-0.2, -0.15) is 0 Å². The molecule has 0 bridgehead atoms. The van der Waals surface area contributed by atoms with E-state index in [1.165, 1.54) is 32.4 Å². The van der Waals surface area contributed by atoms with Gasteiger partial charge in [0.15, 0.2) is 11.5 Å². The van der Waals surface area contributed by atoms with Gasteiger partial charge in [-0.05, 0) is 35.8 Å². The van der Waals surface area contributed by atoms with E-state index in [2.05, 4.69) is 4.98 Å². The number of methoxy groups -OCH3 is 2. The average molecular weight is 411 g/mol. The summed E-state index contributed by atoms with van der Waals surface area (Å²) in [6.45, 7) is 0.785. The lowest BCUT2D eigenvalue weighted by Gasteiger charge is -2.30. The van der Waals surface area contributed by atoms with Crippen LogP contribution in [0.4, 0.5) is 4.39 Å². The van der Waals surface area contributed by atoms with Crippen LogP contribution >= 0.6 is 23.2 Å². The van der Waals surface area contributed by atoms with Crippen LogP contribution < -0.4 is 9.47 Å². The van der Waals surface area contributed by atoms with Crippen molar-refractivity contribution < 1.29 is 18.7 Å². The number of fused-ring (bicyclic) bond motifs is 1. The normalized spacial score (nSPS) is 13.6. The molecule has 0 aliphatic carbocycles. The fourth-order valence-corrected chi connectivity index (χ4v) is 3.69. The first-order chi connectivity index (χ1) is 13.0. The molecule has 0 unspecified atom stereocenters. The Kier molecular flexibility index (Phi) is 5.87. The van der Waals surface area contributed by atoms with Crippen LogP contribution in [0.3, 0.4) is 0 Å². The van der Waals surface area contributed by atoms with E-state index in [0.29, 0.717) is 46.7 Å². The molecule has 0 saturated heterocycles. The topological polar surface area (TPSA) is 51.7 Å². The molecule has 1 aliphatic rings. The van der Waals surface area contributed by atoms with Crippen molar-refractivity contribution in [2.24, 2.45) is 0 Å². The molecule has 0 spiro atoms. The number of carbonyl (C=O) groups is 1. The minimum Gasteiger partial charge on any atom is -0.491 e. The van der Waals surface area contributed by atoms with Gasteiger partial charge in [0.1, 0.15) is 5.82 Å². The van der Waals surface area contributed by atoms with Crippen molar-refractivity contribution in [3.8, 4) is 11.5 Å². The molecule has 2 heterocycles. The molecule has 3 rings (SSSR count). The summed E-state index contributed by atoms with van der Waals surface area (Å²) in [6, 6.07) is 2.79. The van der Waals surface area contributed by atoms with Gasteiger partial charge < -0.3 is 14.4 Å². The van der Waals surface area contributed by atoms with Crippen molar-refractivity contribution in [2.75, 3.05) is 20.8 Å². The van der Waals surface area contributed by atoms with Crippen LogP contribution in [-0.4, -0.2) is 36.6 Å². The van der Waals surface area contributed by atoms with Crippen molar-refractivity contribution in [3.63, 3.8) is 0 Å². The molecule has 142 valence electrons. The molecule has 1 aromatic carbocycles. The van der Waals surface area contributed by atoms with E-state index in [1.807, 2.05) is 0 Å². The predicted octanol–water partition coefficient (Wildman–Crippen LogP) is 4.14. The van der Waals surface area contributed by atoms with Gasteiger partial charge in [0.25, 0.3) is 0 Å². The van der Waals surface area contributed by atoms with E-state index in [-0.39, 0.29) is 5.91 Å². The van der Waals surface area contributed by atoms with Crippen molar-refractivity contribution >= 4 is 35.2 Å². The highest BCUT2D eigenvalue weighted by Crippen LogP contribution is 2.47. The zero-order valence-electron chi connectivity index (χ0n) is 14.8. The number of hydrogen-bond donors (Lipinski definition) is 0. The lowest BCUT2D eigenvalue weighted by atomic mass is 9.98. The van der Waals surface area contributed by atoms with Gasteiger partial charge >= 0.3 is 0 Å². The van der Waals surface area contributed by atoms with Crippen LogP contribution in [0.2, 0.25) is 10.0 Å². The van der Waals surface area contributed by atoms with E-state index < -0.39 is 5.82 Å². The van der Waals surface area contributed by atoms with Crippen molar-refractivity contribution in [3.05, 3.63) is 57.1 Å². The highest BCUT2D eigenvalue weighted by Gasteiger charge is 2.29. The van der Waals surface area contributed by atoms with Gasteiger partial charge in [-0.3, -0.25) is 9.78 Å². The molecule has 2 aromatic rings. The number of amides is 1. The van der Waals surface area contributed by atoms with Crippen molar-refractivity contribution in [1.82, 2.24) is 9.88 Å². The lowest BCUT2D eigenvalue weighted by molar-refractivity contribution is -0.126. The maximum Gasteiger partial charge on any atom is 0.246 e. The minimum atomic E-state index is -0.429. The van der Waals surface area contributed by atoms with Crippen LogP contribution in [0.25, 0.3) is 6.08 Å². The number of halogens is 3. The summed E-state index contributed by atoms with van der Waals surface area (Å²) in [7, 11) is 2.98. The van der Waals surface area contributed by atoms with E-state index in [9.17, 15) is 9.18 Å². The van der Waals surface area contributed by atoms with Gasteiger partial charge in [-0.15, -0.1) is 0 Å². The number of aromatic nitrogens is 1. The molecule has 0 radical (unpaired) electrons. The Morgan fingerprint density at radius 2 is 1.85 bits per heavy atom. The van der Waals surface area contributed by atoms with Crippen LogP contribution in [0.15, 0.2) is 24.4 Å². The maximum atomic E-state index is 12.9. The van der Waals surface area contributed by atoms with E-state index in [1.54, 1.807) is 11.0 Å². The Bertz CT molecular complexity index is 901. The van der Waals surface area contributed by atoms with Crippen molar-refractivity contribution in [2.45, 2.75) is 13.0 Å². The van der Waals surface area contributed by atoms with Gasteiger partial charge in [-0.1, -0.05) is 23.2 Å². The predicted molar refractivity (Wildman–Crippen MR) is 102 cm³/mol. The standard InChI is InChI=1S/C19H17Cl2FN2O3/c1-26-18-16(20)13-7-8-24(10-14(13)17(21)19(18)27-2)15(25)6-5-12-4-3-11(22)9-23-12/h3-6,9H,7-8,10H2,1-2H3/b6-5+. The molecule has 1 aromatic heterocycles. The van der Waals surface area contributed by atoms with Crippen molar-refractivity contribution in [1.29, 1.82) is 0 Å². The fraction of sp³-hybridized carbons (Fsp3) is 0.263. The molecular weight excluding hydrogens is 394 g/mol. The van der Waals surface area contributed by atoms with Crippen LogP contribution in [0.1, 0.15) is 16.8 Å². The zero-order chi connectivity index (χ0) is 19.6. The van der Waals surface area contributed by atoms with Crippen LogP contribution in [0.5, 0.6) is 11.5 Å². The first-order valence-corrected chi connectivity index (χ1v) is 8.91. The Morgan fingerprint density at radius 3 is 2.44 bits per heavy atom. The number of rotatable bonds is 4. The van der Waals surface area contributed by atoms with Gasteiger partial charge in [0, 0.05) is 19.2 Å². The average Bonchev–Trinajstić information content (AvgIpc) is 2.69.